The fourth-order valence-corrected chi connectivity index (χ4v) is 2.45. The summed E-state index contributed by atoms with van der Waals surface area (Å²) in [5, 5.41) is 3.53. The van der Waals surface area contributed by atoms with Gasteiger partial charge < -0.3 is 14.8 Å². The van der Waals surface area contributed by atoms with Crippen LogP contribution in [-0.2, 0) is 9.47 Å². The van der Waals surface area contributed by atoms with Gasteiger partial charge in [0.05, 0.1) is 5.56 Å². The van der Waals surface area contributed by atoms with Gasteiger partial charge in [0.15, 0.2) is 0 Å². The van der Waals surface area contributed by atoms with Gasteiger partial charge in [-0.3, -0.25) is 0 Å². The lowest BCUT2D eigenvalue weighted by Crippen LogP contribution is -2.24. The lowest BCUT2D eigenvalue weighted by Gasteiger charge is -2.22. The lowest BCUT2D eigenvalue weighted by molar-refractivity contribution is 0.00694. The second kappa shape index (κ2) is 7.29. The number of rotatable bonds is 4. The maximum atomic E-state index is 12.1. The Kier molecular flexibility index (Phi) is 5.64. The van der Waals surface area contributed by atoms with Crippen molar-refractivity contribution in [3.05, 3.63) is 22.8 Å². The Bertz CT molecular complexity index is 523. The van der Waals surface area contributed by atoms with Crippen LogP contribution in [0, 0.1) is 5.92 Å². The highest BCUT2D eigenvalue weighted by atomic mass is 35.5. The maximum absolute atomic E-state index is 12.1. The first-order valence-corrected chi connectivity index (χ1v) is 7.94. The molecule has 122 valence electrons. The van der Waals surface area contributed by atoms with E-state index in [1.807, 2.05) is 20.8 Å². The fraction of sp³-hybridized carbons (Fsp3) is 0.625. The van der Waals surface area contributed by atoms with Gasteiger partial charge in [0.25, 0.3) is 0 Å². The molecule has 1 aliphatic rings. The third kappa shape index (κ3) is 5.46. The summed E-state index contributed by atoms with van der Waals surface area (Å²) in [7, 11) is 0. The quantitative estimate of drug-likeness (QED) is 0.677. The SMILES string of the molecule is CC(C)(C)OC(=O)c1cc(Cl)nc(NCC2CCOCC2)c1. The second-order valence-electron chi connectivity index (χ2n) is 6.50. The van der Waals surface area contributed by atoms with E-state index in [9.17, 15) is 4.79 Å². The number of hydrogen-bond donors (Lipinski definition) is 1. The Morgan fingerprint density at radius 3 is 2.73 bits per heavy atom. The molecular formula is C16H23ClN2O3. The summed E-state index contributed by atoms with van der Waals surface area (Å²) in [6.07, 6.45) is 2.07. The van der Waals surface area contributed by atoms with Crippen LogP contribution in [-0.4, -0.2) is 36.3 Å². The maximum Gasteiger partial charge on any atom is 0.338 e. The zero-order valence-corrected chi connectivity index (χ0v) is 14.1. The molecule has 0 aliphatic carbocycles. The van der Waals surface area contributed by atoms with Crippen LogP contribution in [0.4, 0.5) is 5.82 Å². The molecule has 0 radical (unpaired) electrons. The van der Waals surface area contributed by atoms with Crippen LogP contribution in [0.15, 0.2) is 12.1 Å². The number of esters is 1. The molecule has 1 N–H and O–H groups in total. The van der Waals surface area contributed by atoms with Gasteiger partial charge in [0, 0.05) is 19.8 Å². The fourth-order valence-electron chi connectivity index (χ4n) is 2.24. The molecule has 0 atom stereocenters. The van der Waals surface area contributed by atoms with Gasteiger partial charge in [-0.05, 0) is 51.7 Å². The molecule has 0 aromatic carbocycles. The van der Waals surface area contributed by atoms with E-state index in [0.29, 0.717) is 17.3 Å². The average molecular weight is 327 g/mol. The molecular weight excluding hydrogens is 304 g/mol. The zero-order valence-electron chi connectivity index (χ0n) is 13.3. The molecule has 0 spiro atoms. The molecule has 22 heavy (non-hydrogen) atoms. The average Bonchev–Trinajstić information content (AvgIpc) is 2.44. The number of hydrogen-bond acceptors (Lipinski definition) is 5. The van der Waals surface area contributed by atoms with E-state index in [-0.39, 0.29) is 5.15 Å². The third-order valence-corrected chi connectivity index (χ3v) is 3.54. The van der Waals surface area contributed by atoms with Gasteiger partial charge in [-0.15, -0.1) is 0 Å². The second-order valence-corrected chi connectivity index (χ2v) is 6.89. The molecule has 0 unspecified atom stereocenters. The summed E-state index contributed by atoms with van der Waals surface area (Å²) in [6.45, 7) is 7.90. The number of nitrogens with zero attached hydrogens (tertiary/aromatic N) is 1. The van der Waals surface area contributed by atoms with Gasteiger partial charge in [-0.1, -0.05) is 11.6 Å². The van der Waals surface area contributed by atoms with Crippen LogP contribution in [0.3, 0.4) is 0 Å². The number of carbonyl (C=O) groups excluding carboxylic acids is 1. The first kappa shape index (κ1) is 17.0. The molecule has 1 saturated heterocycles. The van der Waals surface area contributed by atoms with Crippen molar-refractivity contribution in [1.29, 1.82) is 0 Å². The Morgan fingerprint density at radius 2 is 2.09 bits per heavy atom. The normalized spacial score (nSPS) is 16.4. The first-order valence-electron chi connectivity index (χ1n) is 7.56. The molecule has 5 nitrogen and oxygen atoms in total. The number of carbonyl (C=O) groups is 1. The molecule has 0 amide bonds. The molecule has 1 fully saturated rings. The number of halogens is 1. The van der Waals surface area contributed by atoms with Crippen molar-refractivity contribution in [3.8, 4) is 0 Å². The zero-order chi connectivity index (χ0) is 16.2. The molecule has 1 aromatic rings. The van der Waals surface area contributed by atoms with Crippen molar-refractivity contribution in [2.45, 2.75) is 39.2 Å². The van der Waals surface area contributed by atoms with E-state index >= 15 is 0 Å². The van der Waals surface area contributed by atoms with E-state index in [4.69, 9.17) is 21.1 Å². The predicted molar refractivity (Wildman–Crippen MR) is 86.4 cm³/mol. The Hall–Kier alpha value is -1.33. The smallest absolute Gasteiger partial charge is 0.338 e. The van der Waals surface area contributed by atoms with Crippen LogP contribution in [0.2, 0.25) is 5.15 Å². The molecule has 0 bridgehead atoms. The van der Waals surface area contributed by atoms with E-state index in [2.05, 4.69) is 10.3 Å². The molecule has 0 saturated carbocycles. The topological polar surface area (TPSA) is 60.5 Å². The largest absolute Gasteiger partial charge is 0.456 e. The summed E-state index contributed by atoms with van der Waals surface area (Å²) >= 11 is 6.01. The van der Waals surface area contributed by atoms with Crippen molar-refractivity contribution < 1.29 is 14.3 Å². The summed E-state index contributed by atoms with van der Waals surface area (Å²) in [5.41, 5.74) is -0.132. The minimum absolute atomic E-state index is 0.276. The minimum Gasteiger partial charge on any atom is -0.456 e. The molecule has 1 aliphatic heterocycles. The van der Waals surface area contributed by atoms with Crippen LogP contribution in [0.25, 0.3) is 0 Å². The monoisotopic (exact) mass is 326 g/mol. The number of pyridine rings is 1. The van der Waals surface area contributed by atoms with E-state index < -0.39 is 11.6 Å². The van der Waals surface area contributed by atoms with Gasteiger partial charge in [-0.25, -0.2) is 9.78 Å². The minimum atomic E-state index is -0.539. The van der Waals surface area contributed by atoms with Crippen LogP contribution >= 0.6 is 11.6 Å². The van der Waals surface area contributed by atoms with Crippen LogP contribution in [0.1, 0.15) is 44.0 Å². The van der Waals surface area contributed by atoms with E-state index in [0.717, 1.165) is 32.6 Å². The van der Waals surface area contributed by atoms with Gasteiger partial charge in [-0.2, -0.15) is 0 Å². The number of ether oxygens (including phenoxy) is 2. The van der Waals surface area contributed by atoms with Crippen molar-refractivity contribution >= 4 is 23.4 Å². The summed E-state index contributed by atoms with van der Waals surface area (Å²) in [5.74, 6) is 0.755. The van der Waals surface area contributed by atoms with Crippen LogP contribution in [0.5, 0.6) is 0 Å². The first-order chi connectivity index (χ1) is 10.3. The van der Waals surface area contributed by atoms with Crippen molar-refractivity contribution in [2.75, 3.05) is 25.1 Å². The van der Waals surface area contributed by atoms with Gasteiger partial charge >= 0.3 is 5.97 Å². The number of aromatic nitrogens is 1. The summed E-state index contributed by atoms with van der Waals surface area (Å²) < 4.78 is 10.7. The molecule has 2 heterocycles. The third-order valence-electron chi connectivity index (χ3n) is 3.34. The predicted octanol–water partition coefficient (Wildman–Crippen LogP) is 3.53. The van der Waals surface area contributed by atoms with Gasteiger partial charge in [0.1, 0.15) is 16.6 Å². The van der Waals surface area contributed by atoms with Gasteiger partial charge in [0.2, 0.25) is 0 Å². The van der Waals surface area contributed by atoms with Crippen LogP contribution < -0.4 is 5.32 Å². The van der Waals surface area contributed by atoms with E-state index in [1.165, 1.54) is 6.07 Å². The highest BCUT2D eigenvalue weighted by Gasteiger charge is 2.19. The standard InChI is InChI=1S/C16H23ClN2O3/c1-16(2,3)22-15(20)12-8-13(17)19-14(9-12)18-10-11-4-6-21-7-5-11/h8-9,11H,4-7,10H2,1-3H3,(H,18,19). The summed E-state index contributed by atoms with van der Waals surface area (Å²) in [4.78, 5) is 16.3. The lowest BCUT2D eigenvalue weighted by atomic mass is 10.0. The van der Waals surface area contributed by atoms with Crippen molar-refractivity contribution in [1.82, 2.24) is 4.98 Å². The Balaban J connectivity index is 2.01. The highest BCUT2D eigenvalue weighted by molar-refractivity contribution is 6.29. The van der Waals surface area contributed by atoms with Crippen molar-refractivity contribution in [2.24, 2.45) is 5.92 Å². The Morgan fingerprint density at radius 1 is 1.41 bits per heavy atom. The Labute approximate surface area is 136 Å². The summed E-state index contributed by atoms with van der Waals surface area (Å²) in [6, 6.07) is 3.20. The highest BCUT2D eigenvalue weighted by Crippen LogP contribution is 2.20. The number of nitrogens with one attached hydrogen (secondary N) is 1. The molecule has 2 rings (SSSR count). The van der Waals surface area contributed by atoms with E-state index in [1.54, 1.807) is 6.07 Å². The molecule has 1 aromatic heterocycles. The van der Waals surface area contributed by atoms with Crippen molar-refractivity contribution in [3.63, 3.8) is 0 Å². The molecule has 6 heteroatoms. The number of anilines is 1.